The summed E-state index contributed by atoms with van der Waals surface area (Å²) in [4.78, 5) is 12.9. The Morgan fingerprint density at radius 2 is 1.95 bits per heavy atom. The Morgan fingerprint density at radius 1 is 1.16 bits per heavy atom. The van der Waals surface area contributed by atoms with Crippen molar-refractivity contribution in [3.63, 3.8) is 0 Å². The highest BCUT2D eigenvalue weighted by Gasteiger charge is 2.03. The first-order valence-corrected chi connectivity index (χ1v) is 6.88. The molecule has 3 nitrogen and oxygen atoms in total. The lowest BCUT2D eigenvalue weighted by Gasteiger charge is -2.06. The summed E-state index contributed by atoms with van der Waals surface area (Å²) in [5.74, 6) is 1.29. The molecular weight excluding hydrogens is 258 g/mol. The van der Waals surface area contributed by atoms with E-state index in [2.05, 4.69) is 5.32 Å². The molecule has 0 heterocycles. The Bertz CT molecular complexity index is 543. The number of amides is 1. The molecule has 1 amide bonds. The third-order valence-corrected chi connectivity index (χ3v) is 3.42. The van der Waals surface area contributed by atoms with E-state index in [0.717, 1.165) is 10.6 Å². The molecule has 0 aliphatic heterocycles. The fraction of sp³-hybridized carbons (Fsp3) is 0.133. The molecule has 2 aromatic carbocycles. The van der Waals surface area contributed by atoms with Gasteiger partial charge in [-0.05, 0) is 30.3 Å². The summed E-state index contributed by atoms with van der Waals surface area (Å²) in [6.07, 6.45) is 0. The van der Waals surface area contributed by atoms with Gasteiger partial charge in [0.05, 0.1) is 13.0 Å². The molecule has 0 radical (unpaired) electrons. The van der Waals surface area contributed by atoms with Crippen molar-refractivity contribution >= 4 is 17.7 Å². The number of ether oxygens (including phenoxy) is 1. The highest BCUT2D eigenvalue weighted by molar-refractivity contribution is 7.99. The van der Waals surface area contributed by atoms with Gasteiger partial charge in [0.25, 0.3) is 5.91 Å². The van der Waals surface area contributed by atoms with Gasteiger partial charge in [-0.3, -0.25) is 4.79 Å². The SMILES string of the molecule is COc1cccc(SCNC(=O)c2ccccc2)c1. The fourth-order valence-electron chi connectivity index (χ4n) is 1.57. The number of nitrogens with one attached hydrogen (secondary N) is 1. The average Bonchev–Trinajstić information content (AvgIpc) is 2.48. The number of hydrogen-bond donors (Lipinski definition) is 1. The van der Waals surface area contributed by atoms with E-state index >= 15 is 0 Å². The maximum absolute atomic E-state index is 11.8. The predicted molar refractivity (Wildman–Crippen MR) is 77.6 cm³/mol. The van der Waals surface area contributed by atoms with Gasteiger partial charge in [-0.25, -0.2) is 0 Å². The van der Waals surface area contributed by atoms with Crippen LogP contribution in [0, 0.1) is 0 Å². The molecule has 0 aliphatic rings. The lowest BCUT2D eigenvalue weighted by molar-refractivity contribution is 0.0961. The van der Waals surface area contributed by atoms with Crippen molar-refractivity contribution in [3.05, 3.63) is 60.2 Å². The van der Waals surface area contributed by atoms with E-state index in [9.17, 15) is 4.79 Å². The molecule has 0 aromatic heterocycles. The molecule has 0 saturated carbocycles. The monoisotopic (exact) mass is 273 g/mol. The number of benzene rings is 2. The molecular formula is C15H15NO2S. The number of methoxy groups -OCH3 is 1. The van der Waals surface area contributed by atoms with Crippen LogP contribution in [0.2, 0.25) is 0 Å². The molecule has 19 heavy (non-hydrogen) atoms. The molecule has 0 fully saturated rings. The zero-order chi connectivity index (χ0) is 13.5. The second-order valence-corrected chi connectivity index (χ2v) is 4.89. The van der Waals surface area contributed by atoms with E-state index in [1.54, 1.807) is 31.0 Å². The van der Waals surface area contributed by atoms with Crippen LogP contribution in [-0.2, 0) is 0 Å². The van der Waals surface area contributed by atoms with Gasteiger partial charge in [0.15, 0.2) is 0 Å². The Morgan fingerprint density at radius 3 is 2.68 bits per heavy atom. The quantitative estimate of drug-likeness (QED) is 0.671. The number of rotatable bonds is 5. The first-order chi connectivity index (χ1) is 9.29. The van der Waals surface area contributed by atoms with Gasteiger partial charge in [0.1, 0.15) is 5.75 Å². The minimum atomic E-state index is -0.0593. The smallest absolute Gasteiger partial charge is 0.251 e. The molecule has 0 atom stereocenters. The average molecular weight is 273 g/mol. The number of hydrogen-bond acceptors (Lipinski definition) is 3. The molecule has 2 aromatic rings. The molecule has 0 aliphatic carbocycles. The molecule has 0 unspecified atom stereocenters. The Hall–Kier alpha value is -1.94. The van der Waals surface area contributed by atoms with Gasteiger partial charge < -0.3 is 10.1 Å². The van der Waals surface area contributed by atoms with Crippen LogP contribution in [0.25, 0.3) is 0 Å². The lowest BCUT2D eigenvalue weighted by atomic mass is 10.2. The van der Waals surface area contributed by atoms with Crippen molar-refractivity contribution in [3.8, 4) is 5.75 Å². The number of carbonyl (C=O) groups excluding carboxylic acids is 1. The summed E-state index contributed by atoms with van der Waals surface area (Å²) in [6.45, 7) is 0. The normalized spacial score (nSPS) is 9.95. The van der Waals surface area contributed by atoms with Crippen LogP contribution in [0.5, 0.6) is 5.75 Å². The van der Waals surface area contributed by atoms with Crippen molar-refractivity contribution in [1.82, 2.24) is 5.32 Å². The summed E-state index contributed by atoms with van der Waals surface area (Å²) in [6, 6.07) is 16.9. The van der Waals surface area contributed by atoms with E-state index in [-0.39, 0.29) is 5.91 Å². The highest BCUT2D eigenvalue weighted by atomic mass is 32.2. The van der Waals surface area contributed by atoms with Gasteiger partial charge >= 0.3 is 0 Å². The van der Waals surface area contributed by atoms with E-state index in [4.69, 9.17) is 4.74 Å². The fourth-order valence-corrected chi connectivity index (χ4v) is 2.31. The minimum Gasteiger partial charge on any atom is -0.497 e. The van der Waals surface area contributed by atoms with Crippen molar-refractivity contribution < 1.29 is 9.53 Å². The summed E-state index contributed by atoms with van der Waals surface area (Å²) in [5.41, 5.74) is 0.675. The highest BCUT2D eigenvalue weighted by Crippen LogP contribution is 2.21. The van der Waals surface area contributed by atoms with Gasteiger partial charge in [0, 0.05) is 10.5 Å². The van der Waals surface area contributed by atoms with Crippen molar-refractivity contribution in [1.29, 1.82) is 0 Å². The zero-order valence-corrected chi connectivity index (χ0v) is 11.4. The van der Waals surface area contributed by atoms with E-state index in [1.807, 2.05) is 42.5 Å². The van der Waals surface area contributed by atoms with Gasteiger partial charge in [-0.1, -0.05) is 24.3 Å². The van der Waals surface area contributed by atoms with Gasteiger partial charge in [0.2, 0.25) is 0 Å². The van der Waals surface area contributed by atoms with E-state index in [1.165, 1.54) is 0 Å². The standard InChI is InChI=1S/C15H15NO2S/c1-18-13-8-5-9-14(10-13)19-11-16-15(17)12-6-3-2-4-7-12/h2-10H,11H2,1H3,(H,16,17). The Labute approximate surface area is 117 Å². The summed E-state index contributed by atoms with van der Waals surface area (Å²) in [5, 5.41) is 2.87. The van der Waals surface area contributed by atoms with Crippen molar-refractivity contribution in [2.75, 3.05) is 13.0 Å². The van der Waals surface area contributed by atoms with E-state index < -0.39 is 0 Å². The van der Waals surface area contributed by atoms with Gasteiger partial charge in [-0.2, -0.15) is 0 Å². The predicted octanol–water partition coefficient (Wildman–Crippen LogP) is 3.17. The van der Waals surface area contributed by atoms with Crippen LogP contribution in [0.3, 0.4) is 0 Å². The summed E-state index contributed by atoms with van der Waals surface area (Å²) >= 11 is 1.56. The van der Waals surface area contributed by atoms with Crippen molar-refractivity contribution in [2.24, 2.45) is 0 Å². The third kappa shape index (κ3) is 4.03. The summed E-state index contributed by atoms with van der Waals surface area (Å²) in [7, 11) is 1.64. The minimum absolute atomic E-state index is 0.0593. The molecule has 2 rings (SSSR count). The van der Waals surface area contributed by atoms with Gasteiger partial charge in [-0.15, -0.1) is 11.8 Å². The molecule has 98 valence electrons. The van der Waals surface area contributed by atoms with Crippen LogP contribution >= 0.6 is 11.8 Å². The number of carbonyl (C=O) groups is 1. The molecule has 1 N–H and O–H groups in total. The van der Waals surface area contributed by atoms with Crippen LogP contribution in [0.1, 0.15) is 10.4 Å². The molecule has 0 bridgehead atoms. The second-order valence-electron chi connectivity index (χ2n) is 3.84. The summed E-state index contributed by atoms with van der Waals surface area (Å²) < 4.78 is 5.15. The number of thioether (sulfide) groups is 1. The molecule has 4 heteroatoms. The first kappa shape index (κ1) is 13.5. The maximum atomic E-state index is 11.8. The topological polar surface area (TPSA) is 38.3 Å². The largest absolute Gasteiger partial charge is 0.497 e. The first-order valence-electron chi connectivity index (χ1n) is 5.89. The molecule has 0 saturated heterocycles. The third-order valence-electron chi connectivity index (χ3n) is 2.55. The second kappa shape index (κ2) is 6.85. The molecule has 0 spiro atoms. The van der Waals surface area contributed by atoms with Crippen LogP contribution in [0.15, 0.2) is 59.5 Å². The van der Waals surface area contributed by atoms with Crippen LogP contribution < -0.4 is 10.1 Å². The Kier molecular flexibility index (Phi) is 4.86. The lowest BCUT2D eigenvalue weighted by Crippen LogP contribution is -2.22. The van der Waals surface area contributed by atoms with Crippen LogP contribution in [0.4, 0.5) is 0 Å². The Balaban J connectivity index is 1.85. The van der Waals surface area contributed by atoms with Crippen LogP contribution in [-0.4, -0.2) is 18.9 Å². The van der Waals surface area contributed by atoms with Crippen molar-refractivity contribution in [2.45, 2.75) is 4.90 Å². The zero-order valence-electron chi connectivity index (χ0n) is 10.6. The van der Waals surface area contributed by atoms with E-state index in [0.29, 0.717) is 11.4 Å². The maximum Gasteiger partial charge on any atom is 0.251 e.